The van der Waals surface area contributed by atoms with Gasteiger partial charge in [0.15, 0.2) is 0 Å². The predicted octanol–water partition coefficient (Wildman–Crippen LogP) is 3.29. The zero-order chi connectivity index (χ0) is 16.4. The second-order valence-corrected chi connectivity index (χ2v) is 6.19. The number of aromatic nitrogens is 2. The number of fused-ring (bicyclic) bond motifs is 1. The Morgan fingerprint density at radius 3 is 3.00 bits per heavy atom. The van der Waals surface area contributed by atoms with E-state index < -0.39 is 0 Å². The molecule has 1 aromatic heterocycles. The third-order valence-electron chi connectivity index (χ3n) is 4.31. The maximum absolute atomic E-state index is 5.88. The van der Waals surface area contributed by atoms with Crippen molar-refractivity contribution in [3.05, 3.63) is 40.7 Å². The molecular weight excluding hydrogens is 290 g/mol. The molecular formula is C18H25N3O2. The lowest BCUT2D eigenvalue weighted by molar-refractivity contribution is 0.254. The summed E-state index contributed by atoms with van der Waals surface area (Å²) >= 11 is 0. The molecule has 2 heterocycles. The average molecular weight is 315 g/mol. The summed E-state index contributed by atoms with van der Waals surface area (Å²) in [5, 5.41) is 10.6. The SMILES string of the molecule is CCOc1cc2c(cc1CN[C@@H](C)c1cn[nH]c1C)O[C@H](C)C2. The van der Waals surface area contributed by atoms with Crippen LogP contribution in [0.3, 0.4) is 0 Å². The lowest BCUT2D eigenvalue weighted by Crippen LogP contribution is -2.19. The van der Waals surface area contributed by atoms with E-state index in [0.29, 0.717) is 6.61 Å². The van der Waals surface area contributed by atoms with Gasteiger partial charge in [-0.2, -0.15) is 5.10 Å². The van der Waals surface area contributed by atoms with Crippen LogP contribution in [0.1, 0.15) is 49.2 Å². The van der Waals surface area contributed by atoms with Crippen molar-refractivity contribution in [2.75, 3.05) is 6.61 Å². The fraction of sp³-hybridized carbons (Fsp3) is 0.500. The number of rotatable bonds is 6. The summed E-state index contributed by atoms with van der Waals surface area (Å²) in [6, 6.07) is 4.47. The van der Waals surface area contributed by atoms with Gasteiger partial charge in [0.2, 0.25) is 0 Å². The summed E-state index contributed by atoms with van der Waals surface area (Å²) < 4.78 is 11.7. The fourth-order valence-electron chi connectivity index (χ4n) is 3.08. The Hall–Kier alpha value is -2.01. The number of H-pyrrole nitrogens is 1. The largest absolute Gasteiger partial charge is 0.494 e. The number of aryl methyl sites for hydroxylation is 1. The molecule has 1 aliphatic heterocycles. The predicted molar refractivity (Wildman–Crippen MR) is 90.0 cm³/mol. The fourth-order valence-corrected chi connectivity index (χ4v) is 3.08. The maximum Gasteiger partial charge on any atom is 0.124 e. The average Bonchev–Trinajstić information content (AvgIpc) is 3.09. The van der Waals surface area contributed by atoms with Crippen molar-refractivity contribution in [1.29, 1.82) is 0 Å². The molecule has 0 amide bonds. The van der Waals surface area contributed by atoms with Crippen molar-refractivity contribution in [2.24, 2.45) is 0 Å². The normalized spacial score (nSPS) is 17.7. The van der Waals surface area contributed by atoms with Crippen molar-refractivity contribution in [1.82, 2.24) is 15.5 Å². The maximum atomic E-state index is 5.88. The van der Waals surface area contributed by atoms with Crippen LogP contribution in [0, 0.1) is 6.92 Å². The van der Waals surface area contributed by atoms with Crippen LogP contribution in [0.5, 0.6) is 11.5 Å². The molecule has 23 heavy (non-hydrogen) atoms. The first-order valence-corrected chi connectivity index (χ1v) is 8.27. The van der Waals surface area contributed by atoms with Crippen molar-refractivity contribution in [3.63, 3.8) is 0 Å². The van der Waals surface area contributed by atoms with Crippen LogP contribution in [0.2, 0.25) is 0 Å². The van der Waals surface area contributed by atoms with Gasteiger partial charge in [0.25, 0.3) is 0 Å². The van der Waals surface area contributed by atoms with Gasteiger partial charge in [0, 0.05) is 41.4 Å². The Bertz CT molecular complexity index is 681. The molecule has 0 aliphatic carbocycles. The first kappa shape index (κ1) is 15.9. The molecule has 2 atom stereocenters. The number of ether oxygens (including phenoxy) is 2. The van der Waals surface area contributed by atoms with Crippen LogP contribution in [0.25, 0.3) is 0 Å². The summed E-state index contributed by atoms with van der Waals surface area (Å²) in [7, 11) is 0. The minimum Gasteiger partial charge on any atom is -0.494 e. The van der Waals surface area contributed by atoms with Gasteiger partial charge in [-0.15, -0.1) is 0 Å². The lowest BCUT2D eigenvalue weighted by atomic mass is 10.1. The summed E-state index contributed by atoms with van der Waals surface area (Å²) in [5.41, 5.74) is 4.66. The topological polar surface area (TPSA) is 59.2 Å². The highest BCUT2D eigenvalue weighted by Gasteiger charge is 2.22. The molecule has 0 radical (unpaired) electrons. The number of nitrogens with one attached hydrogen (secondary N) is 2. The minimum absolute atomic E-state index is 0.219. The highest BCUT2D eigenvalue weighted by molar-refractivity contribution is 5.48. The van der Waals surface area contributed by atoms with Crippen LogP contribution in [-0.2, 0) is 13.0 Å². The van der Waals surface area contributed by atoms with Crippen molar-refractivity contribution < 1.29 is 9.47 Å². The third kappa shape index (κ3) is 3.34. The van der Waals surface area contributed by atoms with E-state index >= 15 is 0 Å². The van der Waals surface area contributed by atoms with E-state index in [0.717, 1.165) is 35.7 Å². The molecule has 0 saturated heterocycles. The van der Waals surface area contributed by atoms with E-state index in [1.165, 1.54) is 11.1 Å². The molecule has 0 bridgehead atoms. The summed E-state index contributed by atoms with van der Waals surface area (Å²) in [6.45, 7) is 9.69. The first-order valence-electron chi connectivity index (χ1n) is 8.27. The molecule has 124 valence electrons. The van der Waals surface area contributed by atoms with E-state index in [1.807, 2.05) is 20.0 Å². The van der Waals surface area contributed by atoms with Gasteiger partial charge in [0.05, 0.1) is 12.8 Å². The van der Waals surface area contributed by atoms with E-state index in [4.69, 9.17) is 9.47 Å². The molecule has 3 rings (SSSR count). The van der Waals surface area contributed by atoms with Gasteiger partial charge < -0.3 is 14.8 Å². The van der Waals surface area contributed by atoms with E-state index in [1.54, 1.807) is 0 Å². The van der Waals surface area contributed by atoms with Crippen molar-refractivity contribution in [2.45, 2.75) is 52.8 Å². The molecule has 0 spiro atoms. The lowest BCUT2D eigenvalue weighted by Gasteiger charge is -2.17. The van der Waals surface area contributed by atoms with Crippen molar-refractivity contribution in [3.8, 4) is 11.5 Å². The van der Waals surface area contributed by atoms with Crippen molar-refractivity contribution >= 4 is 0 Å². The Morgan fingerprint density at radius 1 is 1.48 bits per heavy atom. The van der Waals surface area contributed by atoms with E-state index in [-0.39, 0.29) is 12.1 Å². The standard InChI is InChI=1S/C18H25N3O2/c1-5-22-17-7-14-6-11(2)23-18(14)8-15(17)9-19-12(3)16-10-20-21-13(16)4/h7-8,10-12,19H,5-6,9H2,1-4H3,(H,20,21)/t11-,12+/m1/s1. The van der Waals surface area contributed by atoms with Crippen LogP contribution in [-0.4, -0.2) is 22.9 Å². The molecule has 5 heteroatoms. The highest BCUT2D eigenvalue weighted by Crippen LogP contribution is 2.35. The van der Waals surface area contributed by atoms with E-state index in [9.17, 15) is 0 Å². The zero-order valence-corrected chi connectivity index (χ0v) is 14.3. The molecule has 0 fully saturated rings. The molecule has 0 unspecified atom stereocenters. The zero-order valence-electron chi connectivity index (χ0n) is 14.3. The van der Waals surface area contributed by atoms with Gasteiger partial charge in [-0.3, -0.25) is 5.10 Å². The molecule has 0 saturated carbocycles. The van der Waals surface area contributed by atoms with Crippen LogP contribution >= 0.6 is 0 Å². The first-order chi connectivity index (χ1) is 11.1. The van der Waals surface area contributed by atoms with E-state index in [2.05, 4.69) is 41.5 Å². The second kappa shape index (κ2) is 6.62. The molecule has 1 aliphatic rings. The molecule has 2 N–H and O–H groups in total. The highest BCUT2D eigenvalue weighted by atomic mass is 16.5. The number of nitrogens with zero attached hydrogens (tertiary/aromatic N) is 1. The minimum atomic E-state index is 0.219. The van der Waals surface area contributed by atoms with Crippen LogP contribution in [0.15, 0.2) is 18.3 Å². The Balaban J connectivity index is 1.76. The number of hydrogen-bond donors (Lipinski definition) is 2. The van der Waals surface area contributed by atoms with Crippen LogP contribution in [0.4, 0.5) is 0 Å². The smallest absolute Gasteiger partial charge is 0.124 e. The molecule has 1 aromatic carbocycles. The Labute approximate surface area is 137 Å². The number of hydrogen-bond acceptors (Lipinski definition) is 4. The monoisotopic (exact) mass is 315 g/mol. The summed E-state index contributed by atoms with van der Waals surface area (Å²) in [5.74, 6) is 1.94. The van der Waals surface area contributed by atoms with Gasteiger partial charge in [0.1, 0.15) is 17.6 Å². The summed E-state index contributed by atoms with van der Waals surface area (Å²) in [4.78, 5) is 0. The summed E-state index contributed by atoms with van der Waals surface area (Å²) in [6.07, 6.45) is 3.08. The molecule has 5 nitrogen and oxygen atoms in total. The second-order valence-electron chi connectivity index (χ2n) is 6.19. The van der Waals surface area contributed by atoms with Crippen LogP contribution < -0.4 is 14.8 Å². The Morgan fingerprint density at radius 2 is 2.30 bits per heavy atom. The van der Waals surface area contributed by atoms with Gasteiger partial charge in [-0.1, -0.05) is 0 Å². The molecule has 2 aromatic rings. The Kier molecular flexibility index (Phi) is 4.57. The quantitative estimate of drug-likeness (QED) is 0.859. The van der Waals surface area contributed by atoms with Gasteiger partial charge in [-0.05, 0) is 39.8 Å². The number of benzene rings is 1. The third-order valence-corrected chi connectivity index (χ3v) is 4.31. The van der Waals surface area contributed by atoms with Gasteiger partial charge >= 0.3 is 0 Å². The number of aromatic amines is 1. The van der Waals surface area contributed by atoms with Gasteiger partial charge in [-0.25, -0.2) is 0 Å².